The van der Waals surface area contributed by atoms with E-state index in [-0.39, 0.29) is 17.6 Å². The van der Waals surface area contributed by atoms with Crippen molar-refractivity contribution in [1.82, 2.24) is 9.88 Å². The molecular formula is C13H13FN2O2S. The highest BCUT2D eigenvalue weighted by Gasteiger charge is 2.21. The van der Waals surface area contributed by atoms with Crippen molar-refractivity contribution in [2.24, 2.45) is 0 Å². The molecule has 2 rings (SSSR count). The number of carboxylic acids is 1. The van der Waals surface area contributed by atoms with E-state index in [2.05, 4.69) is 4.98 Å². The second-order valence-corrected chi connectivity index (χ2v) is 5.18. The number of thiazole rings is 1. The van der Waals surface area contributed by atoms with Crippen LogP contribution in [-0.4, -0.2) is 35.1 Å². The van der Waals surface area contributed by atoms with Crippen LogP contribution in [0.15, 0.2) is 29.6 Å². The Bertz CT molecular complexity index is 581. The summed E-state index contributed by atoms with van der Waals surface area (Å²) in [6.45, 7) is 0. The highest BCUT2D eigenvalue weighted by Crippen LogP contribution is 2.29. The van der Waals surface area contributed by atoms with Gasteiger partial charge in [0.2, 0.25) is 0 Å². The number of benzene rings is 1. The third-order valence-corrected chi connectivity index (χ3v) is 3.57. The second-order valence-electron chi connectivity index (χ2n) is 4.29. The fraction of sp³-hybridized carbons (Fsp3) is 0.231. The molecule has 0 aliphatic heterocycles. The maximum Gasteiger partial charge on any atom is 0.355 e. The van der Waals surface area contributed by atoms with E-state index in [0.717, 1.165) is 5.56 Å². The van der Waals surface area contributed by atoms with Crippen LogP contribution in [0.3, 0.4) is 0 Å². The summed E-state index contributed by atoms with van der Waals surface area (Å²) in [5, 5.41) is 11.1. The number of hydrogen-bond acceptors (Lipinski definition) is 4. The summed E-state index contributed by atoms with van der Waals surface area (Å²) in [7, 11) is 3.74. The lowest BCUT2D eigenvalue weighted by molar-refractivity contribution is 0.0691. The highest BCUT2D eigenvalue weighted by atomic mass is 32.1. The molecule has 2 aromatic rings. The minimum absolute atomic E-state index is 0.0361. The van der Waals surface area contributed by atoms with E-state index >= 15 is 0 Å². The Morgan fingerprint density at radius 2 is 2.00 bits per heavy atom. The molecule has 1 atom stereocenters. The number of carboxylic acid groups (broad SMARTS) is 1. The number of hydrogen-bond donors (Lipinski definition) is 1. The van der Waals surface area contributed by atoms with E-state index in [0.29, 0.717) is 5.01 Å². The van der Waals surface area contributed by atoms with E-state index in [1.807, 2.05) is 19.0 Å². The van der Waals surface area contributed by atoms with Crippen molar-refractivity contribution in [2.45, 2.75) is 6.04 Å². The zero-order chi connectivity index (χ0) is 14.0. The van der Waals surface area contributed by atoms with Crippen molar-refractivity contribution in [3.05, 3.63) is 51.7 Å². The van der Waals surface area contributed by atoms with Gasteiger partial charge >= 0.3 is 5.97 Å². The van der Waals surface area contributed by atoms with Gasteiger partial charge in [0.1, 0.15) is 10.8 Å². The third-order valence-electron chi connectivity index (χ3n) is 2.68. The van der Waals surface area contributed by atoms with Crippen molar-refractivity contribution in [2.75, 3.05) is 14.1 Å². The largest absolute Gasteiger partial charge is 0.476 e. The summed E-state index contributed by atoms with van der Waals surface area (Å²) in [5.74, 6) is -1.34. The lowest BCUT2D eigenvalue weighted by Crippen LogP contribution is -2.21. The van der Waals surface area contributed by atoms with Crippen molar-refractivity contribution in [3.8, 4) is 0 Å². The van der Waals surface area contributed by atoms with E-state index in [4.69, 9.17) is 5.11 Å². The van der Waals surface area contributed by atoms with Gasteiger partial charge in [0.15, 0.2) is 5.69 Å². The van der Waals surface area contributed by atoms with Gasteiger partial charge in [0.25, 0.3) is 0 Å². The summed E-state index contributed by atoms with van der Waals surface area (Å²) in [5.41, 5.74) is 0.909. The Labute approximate surface area is 114 Å². The standard InChI is InChI=1S/C13H13FN2O2S/c1-16(2)11(8-3-5-9(14)6-4-8)12-15-10(7-19-12)13(17)18/h3-7,11H,1-2H3,(H,17,18). The molecule has 4 nitrogen and oxygen atoms in total. The van der Waals surface area contributed by atoms with Crippen LogP contribution >= 0.6 is 11.3 Å². The SMILES string of the molecule is CN(C)C(c1ccc(F)cc1)c1nc(C(=O)O)cs1. The van der Waals surface area contributed by atoms with Gasteiger partial charge in [0, 0.05) is 5.38 Å². The molecule has 1 aromatic heterocycles. The molecule has 0 saturated carbocycles. The van der Waals surface area contributed by atoms with Crippen LogP contribution in [0.25, 0.3) is 0 Å². The Kier molecular flexibility index (Phi) is 3.92. The fourth-order valence-electron chi connectivity index (χ4n) is 1.82. The fourth-order valence-corrected chi connectivity index (χ4v) is 2.83. The average molecular weight is 280 g/mol. The molecule has 6 heteroatoms. The Morgan fingerprint density at radius 3 is 2.47 bits per heavy atom. The first-order valence-electron chi connectivity index (χ1n) is 5.59. The maximum absolute atomic E-state index is 13.0. The molecule has 19 heavy (non-hydrogen) atoms. The first kappa shape index (κ1) is 13.6. The predicted octanol–water partition coefficient (Wildman–Crippen LogP) is 2.63. The van der Waals surface area contributed by atoms with Gasteiger partial charge in [-0.3, -0.25) is 4.90 Å². The zero-order valence-corrected chi connectivity index (χ0v) is 11.3. The van der Waals surface area contributed by atoms with E-state index < -0.39 is 5.97 Å². The summed E-state index contributed by atoms with van der Waals surface area (Å²) in [4.78, 5) is 16.9. The van der Waals surface area contributed by atoms with Crippen molar-refractivity contribution in [1.29, 1.82) is 0 Å². The molecule has 0 amide bonds. The van der Waals surface area contributed by atoms with Gasteiger partial charge in [0.05, 0.1) is 6.04 Å². The van der Waals surface area contributed by atoms with Crippen LogP contribution in [0.5, 0.6) is 0 Å². The first-order valence-corrected chi connectivity index (χ1v) is 6.47. The summed E-state index contributed by atoms with van der Waals surface area (Å²) >= 11 is 1.29. The van der Waals surface area contributed by atoms with Gasteiger partial charge in [-0.2, -0.15) is 0 Å². The van der Waals surface area contributed by atoms with Crippen molar-refractivity contribution >= 4 is 17.3 Å². The highest BCUT2D eigenvalue weighted by molar-refractivity contribution is 7.10. The quantitative estimate of drug-likeness (QED) is 0.935. The van der Waals surface area contributed by atoms with Crippen LogP contribution in [0.1, 0.15) is 27.1 Å². The van der Waals surface area contributed by atoms with Gasteiger partial charge in [-0.25, -0.2) is 14.2 Å². The maximum atomic E-state index is 13.0. The molecule has 1 aromatic carbocycles. The Hall–Kier alpha value is -1.79. The van der Waals surface area contributed by atoms with Gasteiger partial charge in [-0.15, -0.1) is 11.3 Å². The molecule has 0 fully saturated rings. The molecule has 0 radical (unpaired) electrons. The molecule has 1 heterocycles. The molecule has 0 bridgehead atoms. The summed E-state index contributed by atoms with van der Waals surface area (Å²) in [6, 6.07) is 5.96. The summed E-state index contributed by atoms with van der Waals surface area (Å²) in [6.07, 6.45) is 0. The average Bonchev–Trinajstić information content (AvgIpc) is 2.81. The van der Waals surface area contributed by atoms with Crippen LogP contribution < -0.4 is 0 Å². The molecule has 0 saturated heterocycles. The number of halogens is 1. The molecule has 100 valence electrons. The lowest BCUT2D eigenvalue weighted by Gasteiger charge is -2.22. The minimum Gasteiger partial charge on any atom is -0.476 e. The number of aromatic nitrogens is 1. The molecule has 0 aliphatic rings. The Balaban J connectivity index is 2.39. The van der Waals surface area contributed by atoms with Crippen LogP contribution in [0, 0.1) is 5.82 Å². The second kappa shape index (κ2) is 5.46. The topological polar surface area (TPSA) is 53.4 Å². The monoisotopic (exact) mass is 280 g/mol. The van der Waals surface area contributed by atoms with E-state index in [9.17, 15) is 9.18 Å². The predicted molar refractivity (Wildman–Crippen MR) is 71.0 cm³/mol. The first-order chi connectivity index (χ1) is 8.99. The molecule has 1 unspecified atom stereocenters. The Morgan fingerprint density at radius 1 is 1.37 bits per heavy atom. The van der Waals surface area contributed by atoms with Gasteiger partial charge in [-0.05, 0) is 31.8 Å². The van der Waals surface area contributed by atoms with Crippen molar-refractivity contribution < 1.29 is 14.3 Å². The number of rotatable bonds is 4. The molecule has 1 N–H and O–H groups in total. The third kappa shape index (κ3) is 2.97. The zero-order valence-electron chi connectivity index (χ0n) is 10.5. The normalized spacial score (nSPS) is 12.6. The minimum atomic E-state index is -1.04. The number of nitrogens with zero attached hydrogens (tertiary/aromatic N) is 2. The van der Waals surface area contributed by atoms with Gasteiger partial charge in [-0.1, -0.05) is 12.1 Å². The van der Waals surface area contributed by atoms with Crippen LogP contribution in [-0.2, 0) is 0 Å². The lowest BCUT2D eigenvalue weighted by atomic mass is 10.1. The van der Waals surface area contributed by atoms with Gasteiger partial charge < -0.3 is 5.11 Å². The number of carbonyl (C=O) groups is 1. The number of aromatic carboxylic acids is 1. The molecular weight excluding hydrogens is 267 g/mol. The van der Waals surface area contributed by atoms with E-state index in [1.54, 1.807) is 12.1 Å². The molecule has 0 spiro atoms. The summed E-state index contributed by atoms with van der Waals surface area (Å²) < 4.78 is 13.0. The van der Waals surface area contributed by atoms with Crippen molar-refractivity contribution in [3.63, 3.8) is 0 Å². The van der Waals surface area contributed by atoms with E-state index in [1.165, 1.54) is 28.8 Å². The smallest absolute Gasteiger partial charge is 0.355 e. The van der Waals surface area contributed by atoms with Crippen LogP contribution in [0.2, 0.25) is 0 Å². The van der Waals surface area contributed by atoms with Crippen LogP contribution in [0.4, 0.5) is 4.39 Å². The molecule has 0 aliphatic carbocycles.